The number of hydrogen-bond donors (Lipinski definition) is 1. The summed E-state index contributed by atoms with van der Waals surface area (Å²) in [4.78, 5) is 13.3. The Morgan fingerprint density at radius 2 is 2.11 bits per heavy atom. The molecule has 0 saturated heterocycles. The number of hydrogen-bond acceptors (Lipinski definition) is 3. The minimum absolute atomic E-state index is 0.00185. The lowest BCUT2D eigenvalue weighted by molar-refractivity contribution is -0.120. The van der Waals surface area contributed by atoms with Crippen LogP contribution in [0.2, 0.25) is 0 Å². The van der Waals surface area contributed by atoms with Crippen LogP contribution in [0.5, 0.6) is 5.75 Å². The third-order valence-corrected chi connectivity index (χ3v) is 3.27. The molecule has 1 unspecified atom stereocenters. The van der Waals surface area contributed by atoms with Gasteiger partial charge >= 0.3 is 0 Å². The largest absolute Gasteiger partial charge is 0.482 e. The van der Waals surface area contributed by atoms with E-state index in [9.17, 15) is 4.79 Å². The van der Waals surface area contributed by atoms with Crippen LogP contribution < -0.4 is 15.0 Å². The molecule has 104 valence electrons. The Morgan fingerprint density at radius 3 is 2.79 bits per heavy atom. The molecule has 2 rings (SSSR count). The second kappa shape index (κ2) is 5.61. The van der Waals surface area contributed by atoms with E-state index >= 15 is 0 Å². The summed E-state index contributed by atoms with van der Waals surface area (Å²) in [7, 11) is 1.79. The first-order valence-electron chi connectivity index (χ1n) is 6.75. The number of carbonyl (C=O) groups is 1. The van der Waals surface area contributed by atoms with Gasteiger partial charge in [0.25, 0.3) is 5.91 Å². The first-order chi connectivity index (χ1) is 8.97. The lowest BCUT2D eigenvalue weighted by Crippen LogP contribution is -2.36. The van der Waals surface area contributed by atoms with E-state index in [4.69, 9.17) is 4.74 Å². The van der Waals surface area contributed by atoms with E-state index in [-0.39, 0.29) is 12.5 Å². The van der Waals surface area contributed by atoms with Crippen molar-refractivity contribution in [3.8, 4) is 5.75 Å². The first kappa shape index (κ1) is 13.9. The Hall–Kier alpha value is -1.55. The van der Waals surface area contributed by atoms with Gasteiger partial charge in [-0.2, -0.15) is 0 Å². The third kappa shape index (κ3) is 3.26. The van der Waals surface area contributed by atoms with E-state index in [1.807, 2.05) is 12.1 Å². The van der Waals surface area contributed by atoms with E-state index < -0.39 is 0 Å². The molecule has 0 radical (unpaired) electrons. The van der Waals surface area contributed by atoms with Gasteiger partial charge in [-0.05, 0) is 31.0 Å². The highest BCUT2D eigenvalue weighted by molar-refractivity contribution is 5.97. The summed E-state index contributed by atoms with van der Waals surface area (Å²) in [5, 5.41) is 3.48. The molecular weight excluding hydrogens is 240 g/mol. The molecule has 19 heavy (non-hydrogen) atoms. The van der Waals surface area contributed by atoms with Gasteiger partial charge in [0, 0.05) is 19.1 Å². The molecule has 0 saturated carbocycles. The molecule has 0 aromatic heterocycles. The van der Waals surface area contributed by atoms with Gasteiger partial charge in [-0.25, -0.2) is 0 Å². The number of nitrogens with one attached hydrogen (secondary N) is 1. The molecule has 1 atom stereocenters. The van der Waals surface area contributed by atoms with E-state index in [2.05, 4.69) is 32.2 Å². The fraction of sp³-hybridized carbons (Fsp3) is 0.533. The van der Waals surface area contributed by atoms with Gasteiger partial charge in [0.15, 0.2) is 6.61 Å². The molecule has 1 aliphatic heterocycles. The van der Waals surface area contributed by atoms with Crippen LogP contribution in [-0.2, 0) is 11.2 Å². The molecule has 4 heteroatoms. The Morgan fingerprint density at radius 1 is 1.37 bits per heavy atom. The molecule has 1 aromatic carbocycles. The van der Waals surface area contributed by atoms with Crippen molar-refractivity contribution in [3.05, 3.63) is 23.8 Å². The van der Waals surface area contributed by atoms with Crippen molar-refractivity contribution in [1.82, 2.24) is 5.32 Å². The van der Waals surface area contributed by atoms with Gasteiger partial charge in [0.05, 0.1) is 5.69 Å². The number of rotatable bonds is 4. The van der Waals surface area contributed by atoms with E-state index in [1.54, 1.807) is 11.9 Å². The van der Waals surface area contributed by atoms with Gasteiger partial charge in [-0.3, -0.25) is 4.79 Å². The standard InChI is InChI=1S/C15H22N2O2/c1-10(2)16-11(3)7-12-5-6-14-13(8-12)17(4)15(18)9-19-14/h5-6,8,10-11,16H,7,9H2,1-4H3. The summed E-state index contributed by atoms with van der Waals surface area (Å²) in [6, 6.07) is 6.95. The highest BCUT2D eigenvalue weighted by Crippen LogP contribution is 2.32. The molecular formula is C15H22N2O2. The monoisotopic (exact) mass is 262 g/mol. The van der Waals surface area contributed by atoms with Crippen LogP contribution in [0, 0.1) is 0 Å². The molecule has 1 amide bonds. The number of ether oxygens (including phenoxy) is 1. The third-order valence-electron chi connectivity index (χ3n) is 3.27. The smallest absolute Gasteiger partial charge is 0.264 e. The Kier molecular flexibility index (Phi) is 4.10. The summed E-state index contributed by atoms with van der Waals surface area (Å²) in [6.07, 6.45) is 0.938. The summed E-state index contributed by atoms with van der Waals surface area (Å²) in [6.45, 7) is 6.59. The van der Waals surface area contributed by atoms with Gasteiger partial charge in [0.1, 0.15) is 5.75 Å². The Labute approximate surface area is 114 Å². The van der Waals surface area contributed by atoms with Crippen LogP contribution in [0.4, 0.5) is 5.69 Å². The second-order valence-electron chi connectivity index (χ2n) is 5.47. The molecule has 0 fully saturated rings. The fourth-order valence-corrected chi connectivity index (χ4v) is 2.43. The second-order valence-corrected chi connectivity index (χ2v) is 5.47. The zero-order valence-corrected chi connectivity index (χ0v) is 12.1. The maximum Gasteiger partial charge on any atom is 0.264 e. The molecule has 1 aromatic rings. The van der Waals surface area contributed by atoms with Crippen molar-refractivity contribution < 1.29 is 9.53 Å². The molecule has 0 aliphatic carbocycles. The van der Waals surface area contributed by atoms with E-state index in [1.165, 1.54) is 5.56 Å². The summed E-state index contributed by atoms with van der Waals surface area (Å²) in [5.74, 6) is 0.785. The summed E-state index contributed by atoms with van der Waals surface area (Å²) >= 11 is 0. The van der Waals surface area contributed by atoms with Crippen molar-refractivity contribution in [1.29, 1.82) is 0 Å². The first-order valence-corrected chi connectivity index (χ1v) is 6.75. The highest BCUT2D eigenvalue weighted by atomic mass is 16.5. The molecule has 0 bridgehead atoms. The Bertz CT molecular complexity index is 471. The van der Waals surface area contributed by atoms with Crippen LogP contribution in [0.15, 0.2) is 18.2 Å². The topological polar surface area (TPSA) is 41.6 Å². The molecule has 4 nitrogen and oxygen atoms in total. The SMILES string of the molecule is CC(C)NC(C)Cc1ccc2c(c1)N(C)C(=O)CO2. The predicted molar refractivity (Wildman–Crippen MR) is 76.8 cm³/mol. The fourth-order valence-electron chi connectivity index (χ4n) is 2.43. The van der Waals surface area contributed by atoms with Crippen LogP contribution in [-0.4, -0.2) is 31.6 Å². The van der Waals surface area contributed by atoms with Crippen LogP contribution in [0.25, 0.3) is 0 Å². The van der Waals surface area contributed by atoms with Crippen molar-refractivity contribution in [2.45, 2.75) is 39.3 Å². The quantitative estimate of drug-likeness (QED) is 0.902. The summed E-state index contributed by atoms with van der Waals surface area (Å²) in [5.41, 5.74) is 2.08. The number of likely N-dealkylation sites (N-methyl/N-ethyl adjacent to an activating group) is 1. The number of anilines is 1. The van der Waals surface area contributed by atoms with Crippen molar-refractivity contribution in [2.24, 2.45) is 0 Å². The van der Waals surface area contributed by atoms with Gasteiger partial charge < -0.3 is 15.0 Å². The zero-order valence-electron chi connectivity index (χ0n) is 12.1. The maximum atomic E-state index is 11.6. The molecule has 1 heterocycles. The number of benzene rings is 1. The van der Waals surface area contributed by atoms with E-state index in [0.29, 0.717) is 12.1 Å². The molecule has 0 spiro atoms. The lowest BCUT2D eigenvalue weighted by Gasteiger charge is -2.27. The number of amides is 1. The minimum Gasteiger partial charge on any atom is -0.482 e. The highest BCUT2D eigenvalue weighted by Gasteiger charge is 2.22. The number of nitrogens with zero attached hydrogens (tertiary/aromatic N) is 1. The maximum absolute atomic E-state index is 11.6. The summed E-state index contributed by atoms with van der Waals surface area (Å²) < 4.78 is 5.42. The zero-order chi connectivity index (χ0) is 14.0. The van der Waals surface area contributed by atoms with Gasteiger partial charge in [-0.15, -0.1) is 0 Å². The van der Waals surface area contributed by atoms with Crippen molar-refractivity contribution in [3.63, 3.8) is 0 Å². The minimum atomic E-state index is -0.00185. The molecule has 1 aliphatic rings. The lowest BCUT2D eigenvalue weighted by atomic mass is 10.0. The number of fused-ring (bicyclic) bond motifs is 1. The van der Waals surface area contributed by atoms with Crippen molar-refractivity contribution in [2.75, 3.05) is 18.6 Å². The average molecular weight is 262 g/mol. The van der Waals surface area contributed by atoms with Crippen LogP contribution >= 0.6 is 0 Å². The van der Waals surface area contributed by atoms with Crippen LogP contribution in [0.3, 0.4) is 0 Å². The van der Waals surface area contributed by atoms with E-state index in [0.717, 1.165) is 17.9 Å². The Balaban J connectivity index is 2.14. The normalized spacial score (nSPS) is 16.3. The van der Waals surface area contributed by atoms with Crippen LogP contribution in [0.1, 0.15) is 26.3 Å². The predicted octanol–water partition coefficient (Wildman–Crippen LogP) is 1.97. The molecule has 1 N–H and O–H groups in total. The average Bonchev–Trinajstić information content (AvgIpc) is 2.33. The van der Waals surface area contributed by atoms with Gasteiger partial charge in [0.2, 0.25) is 0 Å². The van der Waals surface area contributed by atoms with Gasteiger partial charge in [-0.1, -0.05) is 19.9 Å². The number of carbonyl (C=O) groups excluding carboxylic acids is 1. The van der Waals surface area contributed by atoms with Crippen molar-refractivity contribution >= 4 is 11.6 Å².